The molecule has 1 saturated heterocycles. The Bertz CT molecular complexity index is 1480. The molecule has 4 heterocycles. The molecule has 0 radical (unpaired) electrons. The summed E-state index contributed by atoms with van der Waals surface area (Å²) < 4.78 is 1.95. The second-order valence-corrected chi connectivity index (χ2v) is 11.8. The average Bonchev–Trinajstić information content (AvgIpc) is 3.39. The van der Waals surface area contributed by atoms with E-state index in [1.165, 1.54) is 0 Å². The lowest BCUT2D eigenvalue weighted by molar-refractivity contribution is 0.102. The molecule has 0 bridgehead atoms. The number of hydrogen-bond donors (Lipinski definition) is 1. The second-order valence-electron chi connectivity index (χ2n) is 11.8. The summed E-state index contributed by atoms with van der Waals surface area (Å²) in [5.41, 5.74) is 3.36. The summed E-state index contributed by atoms with van der Waals surface area (Å²) in [6.07, 6.45) is 5.60. The predicted molar refractivity (Wildman–Crippen MR) is 169 cm³/mol. The number of piperazine rings is 1. The van der Waals surface area contributed by atoms with Gasteiger partial charge in [-0.1, -0.05) is 11.3 Å². The number of benzene rings is 1. The number of nitrogens with zero attached hydrogens (tertiary/aromatic N) is 7. The minimum absolute atomic E-state index is 0.0916. The summed E-state index contributed by atoms with van der Waals surface area (Å²) in [5.74, 6) is 0.983. The number of fused-ring (bicyclic) bond motifs is 1. The molecule has 5 rings (SSSR count). The van der Waals surface area contributed by atoms with Crippen LogP contribution in [0.4, 0.5) is 11.6 Å². The van der Waals surface area contributed by atoms with E-state index < -0.39 is 0 Å². The van der Waals surface area contributed by atoms with Crippen LogP contribution in [-0.4, -0.2) is 114 Å². The monoisotopic (exact) mass is 500 g/mol. The van der Waals surface area contributed by atoms with Gasteiger partial charge in [-0.3, -0.25) is 9.48 Å². The molecule has 1 amide bonds. The molecule has 1 aliphatic rings. The Morgan fingerprint density at radius 2 is 1.63 bits per heavy atom. The summed E-state index contributed by atoms with van der Waals surface area (Å²) in [5, 5.41) is 16.9. The van der Waals surface area contributed by atoms with Crippen molar-refractivity contribution in [2.24, 2.45) is 0 Å². The summed E-state index contributed by atoms with van der Waals surface area (Å²) in [6.45, 7) is 3.69. The van der Waals surface area contributed by atoms with Gasteiger partial charge in [-0.05, 0) is 41.1 Å². The van der Waals surface area contributed by atoms with E-state index in [0.29, 0.717) is 11.4 Å². The Hall–Kier alpha value is -3.46. The van der Waals surface area contributed by atoms with Crippen molar-refractivity contribution in [3.63, 3.8) is 0 Å². The van der Waals surface area contributed by atoms with Gasteiger partial charge in [0.2, 0.25) is 0 Å². The Kier molecular flexibility index (Phi) is 6.90. The van der Waals surface area contributed by atoms with Crippen molar-refractivity contribution in [2.75, 3.05) is 36.4 Å². The maximum absolute atomic E-state index is 13.1. The third-order valence-electron chi connectivity index (χ3n) is 6.99. The van der Waals surface area contributed by atoms with E-state index in [4.69, 9.17) is 0 Å². The molecule has 3 aromatic heterocycles. The fourth-order valence-corrected chi connectivity index (χ4v) is 4.65. The van der Waals surface area contributed by atoms with E-state index in [1.807, 2.05) is 47.4 Å². The maximum atomic E-state index is 13.1. The van der Waals surface area contributed by atoms with Gasteiger partial charge in [0.05, 0.1) is 11.7 Å². The average molecular weight is 499 g/mol. The molecule has 0 aliphatic carbocycles. The van der Waals surface area contributed by atoms with Crippen LogP contribution in [0.25, 0.3) is 22.0 Å². The zero-order valence-corrected chi connectivity index (χ0v) is 23.1. The normalized spacial score (nSPS) is 15.0. The number of aromatic nitrogens is 5. The van der Waals surface area contributed by atoms with Gasteiger partial charge in [-0.2, -0.15) is 5.10 Å². The first-order valence-corrected chi connectivity index (χ1v) is 13.1. The lowest BCUT2D eigenvalue weighted by Gasteiger charge is -2.43. The van der Waals surface area contributed by atoms with Crippen molar-refractivity contribution in [1.82, 2.24) is 29.9 Å². The van der Waals surface area contributed by atoms with Gasteiger partial charge in [-0.25, -0.2) is 4.98 Å². The third kappa shape index (κ3) is 5.67. The van der Waals surface area contributed by atoms with Gasteiger partial charge >= 0.3 is 0 Å². The standard InChI is InChI=1S/C23H30B6N8O/c24-22(25,26)36-7-5-35(6-8-36)20-11-15(3-4-30-20)21(38)32-19-10-16-9-14(1-2-18(16)33-34-19)17-12-31-37(13-17)23(27,28)29/h1-4,9-13H,5-8,24-29H2,(H,32,34,38). The van der Waals surface area contributed by atoms with E-state index in [9.17, 15) is 4.79 Å². The number of nitrogens with one attached hydrogen (secondary N) is 1. The van der Waals surface area contributed by atoms with E-state index in [-0.39, 0.29) is 16.4 Å². The fraction of sp³-hybridized carbons (Fsp3) is 0.261. The molecule has 9 nitrogen and oxygen atoms in total. The molecule has 186 valence electrons. The predicted octanol–water partition coefficient (Wildman–Crippen LogP) is -3.76. The van der Waals surface area contributed by atoms with Gasteiger partial charge in [-0.15, -0.1) is 10.2 Å². The Morgan fingerprint density at radius 1 is 0.868 bits per heavy atom. The number of carbonyl (C=O) groups is 1. The Balaban J connectivity index is 1.31. The quantitative estimate of drug-likeness (QED) is 0.273. The molecule has 0 atom stereocenters. The first kappa shape index (κ1) is 26.2. The minimum atomic E-state index is -0.238. The van der Waals surface area contributed by atoms with Crippen molar-refractivity contribution < 1.29 is 4.79 Å². The number of pyridine rings is 1. The van der Waals surface area contributed by atoms with Crippen LogP contribution < -0.4 is 10.2 Å². The number of hydrogen-bond acceptors (Lipinski definition) is 7. The minimum Gasteiger partial charge on any atom is -0.354 e. The fourth-order valence-electron chi connectivity index (χ4n) is 4.65. The summed E-state index contributed by atoms with van der Waals surface area (Å²) in [6, 6.07) is 11.4. The number of anilines is 2. The van der Waals surface area contributed by atoms with E-state index >= 15 is 0 Å². The van der Waals surface area contributed by atoms with Crippen LogP contribution in [-0.2, 0) is 5.24 Å². The molecule has 1 N–H and O–H groups in total. The van der Waals surface area contributed by atoms with Gasteiger partial charge in [0.25, 0.3) is 5.91 Å². The molecular weight excluding hydrogens is 469 g/mol. The van der Waals surface area contributed by atoms with Crippen LogP contribution in [0.2, 0.25) is 0 Å². The molecule has 0 spiro atoms. The molecule has 1 aromatic carbocycles. The van der Waals surface area contributed by atoms with E-state index in [0.717, 1.165) is 54.0 Å². The molecule has 38 heavy (non-hydrogen) atoms. The zero-order chi connectivity index (χ0) is 27.1. The molecule has 1 aliphatic heterocycles. The smallest absolute Gasteiger partial charge is 0.257 e. The van der Waals surface area contributed by atoms with Crippen molar-refractivity contribution >= 4 is 75.5 Å². The highest BCUT2D eigenvalue weighted by atomic mass is 16.1. The van der Waals surface area contributed by atoms with E-state index in [1.54, 1.807) is 12.3 Å². The summed E-state index contributed by atoms with van der Waals surface area (Å²) in [4.78, 5) is 22.3. The highest BCUT2D eigenvalue weighted by Gasteiger charge is 2.26. The van der Waals surface area contributed by atoms with Crippen molar-refractivity contribution in [3.05, 3.63) is 60.6 Å². The molecule has 4 aromatic rings. The van der Waals surface area contributed by atoms with Crippen molar-refractivity contribution in [3.8, 4) is 11.1 Å². The maximum Gasteiger partial charge on any atom is 0.257 e. The topological polar surface area (TPSA) is 92.1 Å². The molecular formula is C23H30B6N8O. The van der Waals surface area contributed by atoms with Gasteiger partial charge in [0.1, 0.15) is 52.9 Å². The molecule has 15 heteroatoms. The highest BCUT2D eigenvalue weighted by Crippen LogP contribution is 2.25. The SMILES string of the molecule is BC(B)(B)N1CCN(c2cc(C(=O)Nc3cc4cc(-c5cnn(C(B)(B)B)c5)ccc4nn3)ccn2)CC1. The zero-order valence-electron chi connectivity index (χ0n) is 23.1. The number of rotatable bonds is 6. The van der Waals surface area contributed by atoms with Gasteiger partial charge < -0.3 is 15.1 Å². The van der Waals surface area contributed by atoms with Crippen LogP contribution in [0.3, 0.4) is 0 Å². The highest BCUT2D eigenvalue weighted by molar-refractivity contribution is 6.59. The summed E-state index contributed by atoms with van der Waals surface area (Å²) in [7, 11) is 13.1. The second kappa shape index (κ2) is 10.0. The molecule has 0 unspecified atom stereocenters. The number of carbonyl (C=O) groups excluding carboxylic acids is 1. The van der Waals surface area contributed by atoms with E-state index in [2.05, 4.69) is 82.5 Å². The largest absolute Gasteiger partial charge is 0.354 e. The summed E-state index contributed by atoms with van der Waals surface area (Å²) >= 11 is 0. The third-order valence-corrected chi connectivity index (χ3v) is 6.99. The first-order chi connectivity index (χ1) is 18.0. The molecule has 0 saturated carbocycles. The molecule has 1 fully saturated rings. The van der Waals surface area contributed by atoms with Gasteiger partial charge in [0, 0.05) is 55.1 Å². The van der Waals surface area contributed by atoms with Gasteiger partial charge in [0.15, 0.2) is 5.82 Å². The Labute approximate surface area is 228 Å². The first-order valence-electron chi connectivity index (χ1n) is 13.1. The van der Waals surface area contributed by atoms with Crippen LogP contribution >= 0.6 is 0 Å². The van der Waals surface area contributed by atoms with Crippen LogP contribution in [0.5, 0.6) is 0 Å². The lowest BCUT2D eigenvalue weighted by Crippen LogP contribution is -2.58. The van der Waals surface area contributed by atoms with Crippen molar-refractivity contribution in [2.45, 2.75) is 10.5 Å². The van der Waals surface area contributed by atoms with Crippen molar-refractivity contribution in [1.29, 1.82) is 0 Å². The Morgan fingerprint density at radius 3 is 2.32 bits per heavy atom. The van der Waals surface area contributed by atoms with Crippen LogP contribution in [0.15, 0.2) is 55.0 Å². The lowest BCUT2D eigenvalue weighted by atomic mass is 9.48. The number of amides is 1. The van der Waals surface area contributed by atoms with Crippen LogP contribution in [0, 0.1) is 0 Å². The van der Waals surface area contributed by atoms with Crippen LogP contribution in [0.1, 0.15) is 10.4 Å².